The number of sulfonamides is 1. The monoisotopic (exact) mass is 348 g/mol. The summed E-state index contributed by atoms with van der Waals surface area (Å²) in [6.45, 7) is 6.46. The SMILES string of the molecule is CC(C)(C)CNC(=O)c1cc(Br)cc(S(N)(=O)=O)c1. The van der Waals surface area contributed by atoms with E-state index in [9.17, 15) is 13.2 Å². The maximum absolute atomic E-state index is 12.0. The molecule has 1 rings (SSSR count). The third kappa shape index (κ3) is 5.30. The van der Waals surface area contributed by atoms with E-state index in [1.807, 2.05) is 20.8 Å². The Hall–Kier alpha value is -0.920. The van der Waals surface area contributed by atoms with E-state index in [0.717, 1.165) is 0 Å². The minimum atomic E-state index is -3.83. The van der Waals surface area contributed by atoms with Crippen LogP contribution in [0.25, 0.3) is 0 Å². The lowest BCUT2D eigenvalue weighted by molar-refractivity contribution is 0.0939. The molecule has 0 spiro atoms. The first-order valence-corrected chi connectivity index (χ1v) is 7.94. The van der Waals surface area contributed by atoms with Gasteiger partial charge in [0.05, 0.1) is 4.90 Å². The fraction of sp³-hybridized carbons (Fsp3) is 0.417. The lowest BCUT2D eigenvalue weighted by Crippen LogP contribution is -2.32. The van der Waals surface area contributed by atoms with Crippen LogP contribution >= 0.6 is 15.9 Å². The maximum atomic E-state index is 12.0. The standard InChI is InChI=1S/C12H17BrN2O3S/c1-12(2,3)7-15-11(16)8-4-9(13)6-10(5-8)19(14,17)18/h4-6H,7H2,1-3H3,(H,15,16)(H2,14,17,18). The fourth-order valence-electron chi connectivity index (χ4n) is 1.31. The molecule has 0 unspecified atom stereocenters. The second-order valence-electron chi connectivity index (χ2n) is 5.46. The van der Waals surface area contributed by atoms with Crippen LogP contribution in [0.4, 0.5) is 0 Å². The molecule has 0 fully saturated rings. The van der Waals surface area contributed by atoms with E-state index >= 15 is 0 Å². The summed E-state index contributed by atoms with van der Waals surface area (Å²) in [7, 11) is -3.83. The van der Waals surface area contributed by atoms with Crippen molar-refractivity contribution in [1.29, 1.82) is 0 Å². The van der Waals surface area contributed by atoms with Crippen LogP contribution in [0.2, 0.25) is 0 Å². The zero-order valence-electron chi connectivity index (χ0n) is 11.0. The second kappa shape index (κ2) is 5.60. The number of nitrogens with one attached hydrogen (secondary N) is 1. The largest absolute Gasteiger partial charge is 0.352 e. The molecule has 1 aromatic rings. The molecule has 0 aliphatic heterocycles. The average Bonchev–Trinajstić information content (AvgIpc) is 2.22. The summed E-state index contributed by atoms with van der Waals surface area (Å²) in [5.41, 5.74) is 0.201. The number of benzene rings is 1. The summed E-state index contributed by atoms with van der Waals surface area (Å²) in [6, 6.07) is 4.17. The Bertz CT molecular complexity index is 591. The molecule has 0 aliphatic carbocycles. The van der Waals surface area contributed by atoms with Crippen LogP contribution in [0.5, 0.6) is 0 Å². The Morgan fingerprint density at radius 3 is 2.37 bits per heavy atom. The molecule has 0 aliphatic rings. The molecule has 0 bridgehead atoms. The first kappa shape index (κ1) is 16.1. The molecule has 3 N–H and O–H groups in total. The zero-order valence-corrected chi connectivity index (χ0v) is 13.4. The molecule has 0 radical (unpaired) electrons. The third-order valence-corrected chi connectivity index (χ3v) is 3.59. The molecule has 0 atom stereocenters. The molecule has 7 heteroatoms. The van der Waals surface area contributed by atoms with Crippen LogP contribution in [0.15, 0.2) is 27.6 Å². The molecule has 1 amide bonds. The van der Waals surface area contributed by atoms with E-state index in [4.69, 9.17) is 5.14 Å². The quantitative estimate of drug-likeness (QED) is 0.873. The van der Waals surface area contributed by atoms with E-state index in [1.165, 1.54) is 12.1 Å². The molecule has 5 nitrogen and oxygen atoms in total. The van der Waals surface area contributed by atoms with Gasteiger partial charge in [-0.05, 0) is 23.6 Å². The number of primary sulfonamides is 1. The first-order valence-electron chi connectivity index (χ1n) is 5.61. The molecule has 0 heterocycles. The summed E-state index contributed by atoms with van der Waals surface area (Å²) in [5.74, 6) is -0.332. The van der Waals surface area contributed by atoms with Crippen molar-refractivity contribution in [3.63, 3.8) is 0 Å². The van der Waals surface area contributed by atoms with Gasteiger partial charge < -0.3 is 5.32 Å². The second-order valence-corrected chi connectivity index (χ2v) is 7.94. The summed E-state index contributed by atoms with van der Waals surface area (Å²) < 4.78 is 23.1. The van der Waals surface area contributed by atoms with Crippen molar-refractivity contribution in [3.05, 3.63) is 28.2 Å². The number of carbonyl (C=O) groups is 1. The van der Waals surface area contributed by atoms with Gasteiger partial charge in [-0.15, -0.1) is 0 Å². The summed E-state index contributed by atoms with van der Waals surface area (Å²) in [6.07, 6.45) is 0. The number of carbonyl (C=O) groups excluding carboxylic acids is 1. The van der Waals surface area contributed by atoms with Gasteiger partial charge in [-0.3, -0.25) is 4.79 Å². The Kier molecular flexibility index (Phi) is 4.76. The van der Waals surface area contributed by atoms with E-state index in [0.29, 0.717) is 11.0 Å². The molecular weight excluding hydrogens is 332 g/mol. The summed E-state index contributed by atoms with van der Waals surface area (Å²) >= 11 is 3.16. The van der Waals surface area contributed by atoms with Crippen LogP contribution in [0, 0.1) is 5.41 Å². The molecular formula is C12H17BrN2O3S. The minimum absolute atomic E-state index is 0.0511. The van der Waals surface area contributed by atoms with Crippen molar-refractivity contribution in [2.24, 2.45) is 10.6 Å². The topological polar surface area (TPSA) is 89.3 Å². The zero-order chi connectivity index (χ0) is 14.8. The molecule has 1 aromatic carbocycles. The maximum Gasteiger partial charge on any atom is 0.251 e. The number of hydrogen-bond acceptors (Lipinski definition) is 3. The van der Waals surface area contributed by atoms with Gasteiger partial charge in [-0.25, -0.2) is 13.6 Å². The van der Waals surface area contributed by atoms with Crippen LogP contribution in [-0.4, -0.2) is 20.9 Å². The van der Waals surface area contributed by atoms with Gasteiger partial charge in [-0.2, -0.15) is 0 Å². The van der Waals surface area contributed by atoms with Crippen LogP contribution in [-0.2, 0) is 10.0 Å². The molecule has 19 heavy (non-hydrogen) atoms. The predicted octanol–water partition coefficient (Wildman–Crippen LogP) is 1.87. The Morgan fingerprint density at radius 1 is 1.32 bits per heavy atom. The highest BCUT2D eigenvalue weighted by molar-refractivity contribution is 9.10. The van der Waals surface area contributed by atoms with Gasteiger partial charge in [0.15, 0.2) is 0 Å². The lowest BCUT2D eigenvalue weighted by Gasteiger charge is -2.18. The van der Waals surface area contributed by atoms with E-state index in [1.54, 1.807) is 6.07 Å². The van der Waals surface area contributed by atoms with E-state index in [-0.39, 0.29) is 21.8 Å². The van der Waals surface area contributed by atoms with Gasteiger partial charge in [0, 0.05) is 16.6 Å². The number of nitrogens with two attached hydrogens (primary N) is 1. The van der Waals surface area contributed by atoms with Crippen molar-refractivity contribution >= 4 is 31.9 Å². The number of amides is 1. The van der Waals surface area contributed by atoms with Gasteiger partial charge >= 0.3 is 0 Å². The molecule has 0 saturated heterocycles. The molecule has 106 valence electrons. The number of rotatable bonds is 3. The van der Waals surface area contributed by atoms with E-state index < -0.39 is 10.0 Å². The molecule has 0 saturated carbocycles. The lowest BCUT2D eigenvalue weighted by atomic mass is 9.97. The summed E-state index contributed by atoms with van der Waals surface area (Å²) in [4.78, 5) is 11.9. The number of hydrogen-bond donors (Lipinski definition) is 2. The van der Waals surface area contributed by atoms with Crippen LogP contribution in [0.3, 0.4) is 0 Å². The van der Waals surface area contributed by atoms with Gasteiger partial charge in [-0.1, -0.05) is 36.7 Å². The van der Waals surface area contributed by atoms with Gasteiger partial charge in [0.1, 0.15) is 0 Å². The third-order valence-electron chi connectivity index (χ3n) is 2.24. The van der Waals surface area contributed by atoms with Crippen molar-refractivity contribution in [3.8, 4) is 0 Å². The minimum Gasteiger partial charge on any atom is -0.352 e. The smallest absolute Gasteiger partial charge is 0.251 e. The Morgan fingerprint density at radius 2 is 1.89 bits per heavy atom. The van der Waals surface area contributed by atoms with Crippen LogP contribution in [0.1, 0.15) is 31.1 Å². The van der Waals surface area contributed by atoms with Crippen molar-refractivity contribution < 1.29 is 13.2 Å². The summed E-state index contributed by atoms with van der Waals surface area (Å²) in [5, 5.41) is 7.81. The highest BCUT2D eigenvalue weighted by Gasteiger charge is 2.16. The predicted molar refractivity (Wildman–Crippen MR) is 77.3 cm³/mol. The molecule has 0 aromatic heterocycles. The highest BCUT2D eigenvalue weighted by atomic mass is 79.9. The van der Waals surface area contributed by atoms with Gasteiger partial charge in [0.2, 0.25) is 10.0 Å². The van der Waals surface area contributed by atoms with Crippen molar-refractivity contribution in [2.75, 3.05) is 6.54 Å². The highest BCUT2D eigenvalue weighted by Crippen LogP contribution is 2.19. The van der Waals surface area contributed by atoms with Crippen LogP contribution < -0.4 is 10.5 Å². The normalized spacial score (nSPS) is 12.3. The first-order chi connectivity index (χ1) is 8.49. The van der Waals surface area contributed by atoms with Crippen molar-refractivity contribution in [1.82, 2.24) is 5.32 Å². The average molecular weight is 349 g/mol. The van der Waals surface area contributed by atoms with E-state index in [2.05, 4.69) is 21.2 Å². The Balaban J connectivity index is 3.02. The Labute approximate surface area is 121 Å². The van der Waals surface area contributed by atoms with Gasteiger partial charge in [0.25, 0.3) is 5.91 Å². The number of halogens is 1. The fourth-order valence-corrected chi connectivity index (χ4v) is 2.53. The van der Waals surface area contributed by atoms with Crippen molar-refractivity contribution in [2.45, 2.75) is 25.7 Å².